The molecule has 3 N–H and O–H groups in total. The molecule has 11 nitrogen and oxygen atoms in total. The van der Waals surface area contributed by atoms with Crippen molar-refractivity contribution in [2.24, 2.45) is 0 Å². The van der Waals surface area contributed by atoms with Crippen molar-refractivity contribution in [3.05, 3.63) is 76.4 Å². The van der Waals surface area contributed by atoms with Crippen LogP contribution in [0.2, 0.25) is 10.2 Å². The number of aromatic amines is 1. The van der Waals surface area contributed by atoms with Crippen molar-refractivity contribution in [3.8, 4) is 0 Å². The van der Waals surface area contributed by atoms with E-state index in [1.165, 1.54) is 6.08 Å². The summed E-state index contributed by atoms with van der Waals surface area (Å²) in [5.74, 6) is 1.67. The zero-order chi connectivity index (χ0) is 31.2. The van der Waals surface area contributed by atoms with Crippen LogP contribution >= 0.6 is 23.2 Å². The fraction of sp³-hybridized carbons (Fsp3) is 0.387. The molecule has 4 aromatic rings. The smallest absolute Gasteiger partial charge is 0.271 e. The molecule has 0 radical (unpaired) electrons. The first-order valence-electron chi connectivity index (χ1n) is 14.6. The molecule has 3 aromatic heterocycles. The standard InChI is InChI=1S/C31H35Cl2N9O2/c1-5-26(43)41-15-18(16-41)36-30(44)27-28(33)37-25(42(27)19-9-11-40(17-19)24-8-6-7-10-34-24)14-35-29-20-12-21(31(2,3)4)22(32)13-23(20)38-39-29/h5-8,10,12-13,18-19H,1,9,11,14-17H2,2-4H3,(H,36,44)(H2,35,38,39). The van der Waals surface area contributed by atoms with E-state index < -0.39 is 0 Å². The Morgan fingerprint density at radius 2 is 1.98 bits per heavy atom. The minimum Gasteiger partial charge on any atom is -0.361 e. The minimum absolute atomic E-state index is 0.0722. The van der Waals surface area contributed by atoms with Crippen LogP contribution in [0.1, 0.15) is 55.1 Å². The molecule has 2 saturated heterocycles. The first kappa shape index (κ1) is 30.0. The van der Waals surface area contributed by atoms with Crippen LogP contribution in [0.15, 0.2) is 49.2 Å². The SMILES string of the molecule is C=CC(=O)N1CC(NC(=O)c2c(Cl)nc(CNc3n[nH]c4cc(Cl)c(C(C)(C)C)cc34)n2C2CCN(c3ccccn3)C2)C1. The summed E-state index contributed by atoms with van der Waals surface area (Å²) in [5, 5.41) is 15.7. The average molecular weight is 637 g/mol. The molecule has 44 heavy (non-hydrogen) atoms. The van der Waals surface area contributed by atoms with Crippen LogP contribution in [0.4, 0.5) is 11.6 Å². The number of H-pyrrole nitrogens is 1. The highest BCUT2D eigenvalue weighted by Gasteiger charge is 2.35. The van der Waals surface area contributed by atoms with E-state index in [1.807, 2.05) is 28.8 Å². The Balaban J connectivity index is 1.29. The highest BCUT2D eigenvalue weighted by atomic mass is 35.5. The number of anilines is 2. The fourth-order valence-corrected chi connectivity index (χ4v) is 6.64. The third kappa shape index (κ3) is 5.73. The van der Waals surface area contributed by atoms with Gasteiger partial charge in [-0.3, -0.25) is 14.7 Å². The Morgan fingerprint density at radius 3 is 2.68 bits per heavy atom. The lowest BCUT2D eigenvalue weighted by Crippen LogP contribution is -2.60. The first-order valence-corrected chi connectivity index (χ1v) is 15.4. The maximum atomic E-state index is 13.7. The van der Waals surface area contributed by atoms with Gasteiger partial charge in [-0.2, -0.15) is 5.10 Å². The molecule has 1 atom stereocenters. The largest absolute Gasteiger partial charge is 0.361 e. The van der Waals surface area contributed by atoms with Gasteiger partial charge in [-0.1, -0.05) is 56.6 Å². The average Bonchev–Trinajstić information content (AvgIpc) is 3.69. The lowest BCUT2D eigenvalue weighted by molar-refractivity contribution is -0.130. The van der Waals surface area contributed by atoms with Gasteiger partial charge in [-0.05, 0) is 47.7 Å². The lowest BCUT2D eigenvalue weighted by Gasteiger charge is -2.39. The molecule has 2 amide bonds. The van der Waals surface area contributed by atoms with Crippen molar-refractivity contribution in [1.82, 2.24) is 34.9 Å². The number of fused-ring (bicyclic) bond motifs is 1. The minimum atomic E-state index is -0.324. The van der Waals surface area contributed by atoms with Gasteiger partial charge in [0.2, 0.25) is 5.91 Å². The Labute approximate surface area is 265 Å². The molecule has 2 aliphatic heterocycles. The van der Waals surface area contributed by atoms with Crippen molar-refractivity contribution in [1.29, 1.82) is 0 Å². The van der Waals surface area contributed by atoms with Crippen LogP contribution in [-0.2, 0) is 16.8 Å². The molecule has 1 unspecified atom stereocenters. The number of amides is 2. The number of nitrogens with one attached hydrogen (secondary N) is 3. The van der Waals surface area contributed by atoms with Gasteiger partial charge < -0.3 is 25.0 Å². The molecule has 230 valence electrons. The monoisotopic (exact) mass is 635 g/mol. The second kappa shape index (κ2) is 11.8. The Bertz CT molecular complexity index is 1720. The summed E-state index contributed by atoms with van der Waals surface area (Å²) < 4.78 is 1.95. The number of hydrogen-bond acceptors (Lipinski definition) is 7. The third-order valence-electron chi connectivity index (χ3n) is 8.23. The molecule has 0 spiro atoms. The summed E-state index contributed by atoms with van der Waals surface area (Å²) in [6.45, 7) is 12.4. The van der Waals surface area contributed by atoms with E-state index in [9.17, 15) is 9.59 Å². The summed E-state index contributed by atoms with van der Waals surface area (Å²) in [7, 11) is 0. The molecule has 2 fully saturated rings. The van der Waals surface area contributed by atoms with Crippen LogP contribution in [0.3, 0.4) is 0 Å². The number of carbonyl (C=O) groups is 2. The molecule has 0 bridgehead atoms. The summed E-state index contributed by atoms with van der Waals surface area (Å²) in [4.78, 5) is 38.6. The van der Waals surface area contributed by atoms with Crippen LogP contribution in [0.5, 0.6) is 0 Å². The summed E-state index contributed by atoms with van der Waals surface area (Å²) in [6, 6.07) is 9.53. The van der Waals surface area contributed by atoms with Gasteiger partial charge in [0.15, 0.2) is 11.0 Å². The van der Waals surface area contributed by atoms with Crippen molar-refractivity contribution >= 4 is 57.6 Å². The zero-order valence-corrected chi connectivity index (χ0v) is 26.4. The van der Waals surface area contributed by atoms with Crippen molar-refractivity contribution in [3.63, 3.8) is 0 Å². The number of hydrogen-bond donors (Lipinski definition) is 3. The van der Waals surface area contributed by atoms with Crippen molar-refractivity contribution in [2.45, 2.75) is 51.2 Å². The molecular weight excluding hydrogens is 601 g/mol. The number of aromatic nitrogens is 5. The van der Waals surface area contributed by atoms with E-state index >= 15 is 0 Å². The topological polar surface area (TPSA) is 124 Å². The van der Waals surface area contributed by atoms with E-state index in [1.54, 1.807) is 11.1 Å². The molecular formula is C31H35Cl2N9O2. The summed E-state index contributed by atoms with van der Waals surface area (Å²) in [5.41, 5.74) is 1.99. The number of benzene rings is 1. The highest BCUT2D eigenvalue weighted by Crippen LogP contribution is 2.35. The van der Waals surface area contributed by atoms with Gasteiger partial charge in [-0.25, -0.2) is 9.97 Å². The van der Waals surface area contributed by atoms with Gasteiger partial charge in [0.25, 0.3) is 5.91 Å². The predicted octanol–water partition coefficient (Wildman–Crippen LogP) is 4.95. The lowest BCUT2D eigenvalue weighted by atomic mass is 9.86. The molecule has 1 aromatic carbocycles. The van der Waals surface area contributed by atoms with Gasteiger partial charge in [-0.15, -0.1) is 0 Å². The zero-order valence-electron chi connectivity index (χ0n) is 24.9. The van der Waals surface area contributed by atoms with E-state index in [4.69, 9.17) is 23.2 Å². The van der Waals surface area contributed by atoms with E-state index in [0.29, 0.717) is 42.0 Å². The van der Waals surface area contributed by atoms with Gasteiger partial charge in [0.05, 0.1) is 24.1 Å². The number of rotatable bonds is 8. The number of pyridine rings is 1. The van der Waals surface area contributed by atoms with E-state index in [-0.39, 0.29) is 41.0 Å². The Hall–Kier alpha value is -4.09. The quantitative estimate of drug-likeness (QED) is 0.234. The predicted molar refractivity (Wildman–Crippen MR) is 173 cm³/mol. The van der Waals surface area contributed by atoms with Gasteiger partial charge >= 0.3 is 0 Å². The number of carbonyl (C=O) groups excluding carboxylic acids is 2. The molecule has 2 aliphatic rings. The van der Waals surface area contributed by atoms with Crippen LogP contribution in [0, 0.1) is 0 Å². The molecule has 6 rings (SSSR count). The number of nitrogens with zero attached hydrogens (tertiary/aromatic N) is 6. The number of imidazole rings is 1. The molecule has 0 saturated carbocycles. The van der Waals surface area contributed by atoms with Crippen LogP contribution in [-0.4, -0.2) is 73.7 Å². The number of likely N-dealkylation sites (tertiary alicyclic amines) is 1. The first-order chi connectivity index (χ1) is 21.0. The Kier molecular flexibility index (Phi) is 8.02. The summed E-state index contributed by atoms with van der Waals surface area (Å²) in [6.07, 6.45) is 3.83. The molecule has 0 aliphatic carbocycles. The normalized spacial score (nSPS) is 17.2. The second-order valence-electron chi connectivity index (χ2n) is 12.3. The van der Waals surface area contributed by atoms with Crippen LogP contribution in [0.25, 0.3) is 10.9 Å². The molecule has 13 heteroatoms. The molecule has 5 heterocycles. The van der Waals surface area contributed by atoms with Gasteiger partial charge in [0.1, 0.15) is 17.3 Å². The van der Waals surface area contributed by atoms with E-state index in [0.717, 1.165) is 35.2 Å². The second-order valence-corrected chi connectivity index (χ2v) is 13.1. The van der Waals surface area contributed by atoms with Crippen LogP contribution < -0.4 is 15.5 Å². The highest BCUT2D eigenvalue weighted by molar-refractivity contribution is 6.32. The number of halogens is 2. The van der Waals surface area contributed by atoms with Gasteiger partial charge in [0, 0.05) is 42.8 Å². The Morgan fingerprint density at radius 1 is 1.18 bits per heavy atom. The fourth-order valence-electron chi connectivity index (χ4n) is 5.91. The third-order valence-corrected chi connectivity index (χ3v) is 8.81. The van der Waals surface area contributed by atoms with E-state index in [2.05, 4.69) is 69.1 Å². The summed E-state index contributed by atoms with van der Waals surface area (Å²) >= 11 is 13.3. The maximum Gasteiger partial charge on any atom is 0.271 e. The van der Waals surface area contributed by atoms with Crippen molar-refractivity contribution < 1.29 is 9.59 Å². The maximum absolute atomic E-state index is 13.7. The van der Waals surface area contributed by atoms with Crippen molar-refractivity contribution in [2.75, 3.05) is 36.4 Å².